The summed E-state index contributed by atoms with van der Waals surface area (Å²) in [5.41, 5.74) is 10.6. The van der Waals surface area contributed by atoms with E-state index in [0.717, 1.165) is 32.1 Å². The van der Waals surface area contributed by atoms with Crippen LogP contribution >= 0.6 is 0 Å². The molecule has 0 atom stereocenters. The molecular formula is C16H25NO. The van der Waals surface area contributed by atoms with Crippen LogP contribution in [0.25, 0.3) is 0 Å². The molecule has 0 amide bonds. The molecule has 2 nitrogen and oxygen atoms in total. The van der Waals surface area contributed by atoms with Gasteiger partial charge in [-0.15, -0.1) is 0 Å². The second kappa shape index (κ2) is 5.02. The Kier molecular flexibility index (Phi) is 3.79. The average Bonchev–Trinajstić information content (AvgIpc) is 2.28. The molecule has 1 aliphatic rings. The van der Waals surface area contributed by atoms with E-state index in [0.29, 0.717) is 0 Å². The summed E-state index contributed by atoms with van der Waals surface area (Å²) in [6.07, 6.45) is 4.33. The molecule has 0 radical (unpaired) electrons. The molecule has 0 aromatic heterocycles. The summed E-state index contributed by atoms with van der Waals surface area (Å²) in [5, 5.41) is 10.7. The second-order valence-electron chi connectivity index (χ2n) is 6.12. The van der Waals surface area contributed by atoms with Crippen LogP contribution in [0.5, 0.6) is 0 Å². The summed E-state index contributed by atoms with van der Waals surface area (Å²) in [4.78, 5) is 0. The molecule has 2 heteroatoms. The minimum atomic E-state index is -0.541. The summed E-state index contributed by atoms with van der Waals surface area (Å²) in [6, 6.07) is 4.70. The second-order valence-corrected chi connectivity index (χ2v) is 6.12. The molecule has 1 aromatic rings. The summed E-state index contributed by atoms with van der Waals surface area (Å²) in [6.45, 7) is 6.42. The van der Waals surface area contributed by atoms with Gasteiger partial charge in [0.25, 0.3) is 0 Å². The molecule has 0 spiro atoms. The molecule has 0 saturated heterocycles. The maximum absolute atomic E-state index is 10.7. The zero-order valence-electron chi connectivity index (χ0n) is 11.8. The molecular weight excluding hydrogens is 222 g/mol. The first-order valence-electron chi connectivity index (χ1n) is 6.94. The molecule has 2 rings (SSSR count). The van der Waals surface area contributed by atoms with Crippen molar-refractivity contribution >= 4 is 0 Å². The molecule has 1 fully saturated rings. The van der Waals surface area contributed by atoms with Crippen LogP contribution < -0.4 is 5.73 Å². The van der Waals surface area contributed by atoms with Gasteiger partial charge < -0.3 is 10.8 Å². The van der Waals surface area contributed by atoms with Gasteiger partial charge in [-0.3, -0.25) is 0 Å². The maximum Gasteiger partial charge on any atom is 0.0689 e. The Morgan fingerprint density at radius 2 is 1.67 bits per heavy atom. The van der Waals surface area contributed by atoms with Crippen LogP contribution in [0, 0.1) is 20.8 Å². The van der Waals surface area contributed by atoms with E-state index in [1.54, 1.807) is 0 Å². The zero-order chi connectivity index (χ0) is 13.3. The number of nitrogens with two attached hydrogens (primary N) is 1. The van der Waals surface area contributed by atoms with Gasteiger partial charge in [-0.25, -0.2) is 0 Å². The molecule has 1 saturated carbocycles. The summed E-state index contributed by atoms with van der Waals surface area (Å²) >= 11 is 0. The van der Waals surface area contributed by atoms with Crippen molar-refractivity contribution in [2.45, 2.75) is 64.5 Å². The van der Waals surface area contributed by atoms with Crippen molar-refractivity contribution in [2.75, 3.05) is 0 Å². The predicted molar refractivity (Wildman–Crippen MR) is 75.8 cm³/mol. The van der Waals surface area contributed by atoms with Crippen molar-refractivity contribution in [2.24, 2.45) is 5.73 Å². The van der Waals surface area contributed by atoms with E-state index in [-0.39, 0.29) is 6.04 Å². The Bertz CT molecular complexity index is 408. The number of aryl methyl sites for hydroxylation is 3. The number of rotatable bonds is 2. The Hall–Kier alpha value is -0.860. The Morgan fingerprint density at radius 1 is 1.17 bits per heavy atom. The minimum absolute atomic E-state index is 0.283. The third kappa shape index (κ3) is 2.93. The van der Waals surface area contributed by atoms with E-state index in [9.17, 15) is 5.11 Å². The molecule has 0 unspecified atom stereocenters. The van der Waals surface area contributed by atoms with E-state index >= 15 is 0 Å². The van der Waals surface area contributed by atoms with Gasteiger partial charge in [0.2, 0.25) is 0 Å². The van der Waals surface area contributed by atoms with Gasteiger partial charge in [0, 0.05) is 12.5 Å². The zero-order valence-corrected chi connectivity index (χ0v) is 11.8. The first kappa shape index (κ1) is 13.6. The smallest absolute Gasteiger partial charge is 0.0689 e. The monoisotopic (exact) mass is 247 g/mol. The Balaban J connectivity index is 2.19. The Morgan fingerprint density at radius 3 is 2.17 bits per heavy atom. The highest BCUT2D eigenvalue weighted by atomic mass is 16.3. The first-order chi connectivity index (χ1) is 8.39. The van der Waals surface area contributed by atoms with Crippen molar-refractivity contribution < 1.29 is 5.11 Å². The molecule has 100 valence electrons. The lowest BCUT2D eigenvalue weighted by Gasteiger charge is -2.35. The molecule has 18 heavy (non-hydrogen) atoms. The van der Waals surface area contributed by atoms with Crippen LogP contribution in [0.15, 0.2) is 12.1 Å². The largest absolute Gasteiger partial charge is 0.390 e. The van der Waals surface area contributed by atoms with Crippen molar-refractivity contribution in [1.29, 1.82) is 0 Å². The van der Waals surface area contributed by atoms with Crippen molar-refractivity contribution in [3.63, 3.8) is 0 Å². The topological polar surface area (TPSA) is 46.2 Å². The predicted octanol–water partition coefficient (Wildman–Crippen LogP) is 2.79. The summed E-state index contributed by atoms with van der Waals surface area (Å²) < 4.78 is 0. The number of aliphatic hydroxyl groups is 1. The summed E-state index contributed by atoms with van der Waals surface area (Å²) in [7, 11) is 0. The number of hydrogen-bond acceptors (Lipinski definition) is 2. The highest BCUT2D eigenvalue weighted by molar-refractivity contribution is 5.38. The van der Waals surface area contributed by atoms with Crippen LogP contribution in [0.2, 0.25) is 0 Å². The lowest BCUT2D eigenvalue weighted by molar-refractivity contribution is -0.0000379. The summed E-state index contributed by atoms with van der Waals surface area (Å²) in [5.74, 6) is 0. The fraction of sp³-hybridized carbons (Fsp3) is 0.625. The van der Waals surface area contributed by atoms with Crippen LogP contribution in [0.4, 0.5) is 0 Å². The first-order valence-corrected chi connectivity index (χ1v) is 6.94. The molecule has 0 bridgehead atoms. The number of hydrogen-bond donors (Lipinski definition) is 2. The van der Waals surface area contributed by atoms with Gasteiger partial charge in [-0.2, -0.15) is 0 Å². The molecule has 3 N–H and O–H groups in total. The third-order valence-electron chi connectivity index (χ3n) is 4.31. The third-order valence-corrected chi connectivity index (χ3v) is 4.31. The van der Waals surface area contributed by atoms with E-state index in [4.69, 9.17) is 5.73 Å². The van der Waals surface area contributed by atoms with Crippen molar-refractivity contribution in [3.05, 3.63) is 34.4 Å². The molecule has 0 heterocycles. The standard InChI is InChI=1S/C16H25NO/c1-11-8-12(2)15(13(3)9-11)10-16(18)6-4-14(17)5-7-16/h8-9,14,18H,4-7,10,17H2,1-3H3. The number of benzene rings is 1. The van der Waals surface area contributed by atoms with Crippen molar-refractivity contribution in [3.8, 4) is 0 Å². The van der Waals surface area contributed by atoms with Gasteiger partial charge in [0.05, 0.1) is 5.60 Å². The quantitative estimate of drug-likeness (QED) is 0.844. The highest BCUT2D eigenvalue weighted by Crippen LogP contribution is 2.32. The van der Waals surface area contributed by atoms with E-state index in [1.165, 1.54) is 22.3 Å². The van der Waals surface area contributed by atoms with Crippen LogP contribution in [0.3, 0.4) is 0 Å². The van der Waals surface area contributed by atoms with E-state index < -0.39 is 5.60 Å². The molecule has 1 aromatic carbocycles. The minimum Gasteiger partial charge on any atom is -0.390 e. The lowest BCUT2D eigenvalue weighted by atomic mass is 9.77. The van der Waals surface area contributed by atoms with Crippen molar-refractivity contribution in [1.82, 2.24) is 0 Å². The van der Waals surface area contributed by atoms with E-state index in [1.807, 2.05) is 0 Å². The average molecular weight is 247 g/mol. The normalized spacial score (nSPS) is 28.4. The van der Waals surface area contributed by atoms with Gasteiger partial charge in [-0.1, -0.05) is 17.7 Å². The van der Waals surface area contributed by atoms with Crippen LogP contribution in [-0.4, -0.2) is 16.7 Å². The molecule has 0 aliphatic heterocycles. The van der Waals surface area contributed by atoms with Gasteiger partial charge >= 0.3 is 0 Å². The fourth-order valence-electron chi connectivity index (χ4n) is 3.17. The highest BCUT2D eigenvalue weighted by Gasteiger charge is 2.32. The van der Waals surface area contributed by atoms with Gasteiger partial charge in [-0.05, 0) is 63.1 Å². The van der Waals surface area contributed by atoms with Crippen LogP contribution in [0.1, 0.15) is 47.9 Å². The fourth-order valence-corrected chi connectivity index (χ4v) is 3.17. The Labute approximate surface area is 110 Å². The van der Waals surface area contributed by atoms with Gasteiger partial charge in [0.1, 0.15) is 0 Å². The maximum atomic E-state index is 10.7. The lowest BCUT2D eigenvalue weighted by Crippen LogP contribution is -2.40. The van der Waals surface area contributed by atoms with E-state index in [2.05, 4.69) is 32.9 Å². The van der Waals surface area contributed by atoms with Gasteiger partial charge in [0.15, 0.2) is 0 Å². The SMILES string of the molecule is Cc1cc(C)c(CC2(O)CCC(N)CC2)c(C)c1. The van der Waals surface area contributed by atoms with Crippen LogP contribution in [-0.2, 0) is 6.42 Å². The molecule has 1 aliphatic carbocycles.